The number of nitrogens with zero attached hydrogens (tertiary/aromatic N) is 2. The number of benzene rings is 1. The van der Waals surface area contributed by atoms with E-state index >= 15 is 0 Å². The zero-order chi connectivity index (χ0) is 14.2. The van der Waals surface area contributed by atoms with Crippen LogP contribution in [-0.4, -0.2) is 27.7 Å². The van der Waals surface area contributed by atoms with Gasteiger partial charge in [0.2, 0.25) is 0 Å². The Morgan fingerprint density at radius 1 is 1.29 bits per heavy atom. The first-order valence-electron chi connectivity index (χ1n) is 6.48. The van der Waals surface area contributed by atoms with Crippen molar-refractivity contribution < 1.29 is 14.6 Å². The summed E-state index contributed by atoms with van der Waals surface area (Å²) >= 11 is 3.07. The molecular weight excluding hydrogens is 308 g/mol. The second-order valence-electron chi connectivity index (χ2n) is 4.48. The highest BCUT2D eigenvalue weighted by Crippen LogP contribution is 2.38. The molecule has 0 bridgehead atoms. The maximum atomic E-state index is 9.58. The molecule has 21 heavy (non-hydrogen) atoms. The Morgan fingerprint density at radius 3 is 3.00 bits per heavy atom. The number of hydrogen-bond acceptors (Lipinski definition) is 6. The van der Waals surface area contributed by atoms with E-state index in [1.54, 1.807) is 11.3 Å². The predicted molar refractivity (Wildman–Crippen MR) is 80.5 cm³/mol. The van der Waals surface area contributed by atoms with Gasteiger partial charge < -0.3 is 14.6 Å². The molecule has 0 amide bonds. The molecule has 0 spiro atoms. The summed E-state index contributed by atoms with van der Waals surface area (Å²) in [7, 11) is 0. The van der Waals surface area contributed by atoms with E-state index < -0.39 is 0 Å². The van der Waals surface area contributed by atoms with Gasteiger partial charge >= 0.3 is 0 Å². The van der Waals surface area contributed by atoms with E-state index in [0.29, 0.717) is 13.2 Å². The summed E-state index contributed by atoms with van der Waals surface area (Å²) in [5.41, 5.74) is 0.811. The summed E-state index contributed by atoms with van der Waals surface area (Å²) in [5, 5.41) is 12.4. The maximum absolute atomic E-state index is 9.58. The molecular formula is C14H12N2O3S2. The number of aromatic nitrogens is 2. The molecule has 2 aromatic heterocycles. The zero-order valence-corrected chi connectivity index (χ0v) is 12.6. The fourth-order valence-electron chi connectivity index (χ4n) is 2.24. The third-order valence-corrected chi connectivity index (χ3v) is 4.97. The van der Waals surface area contributed by atoms with Crippen LogP contribution in [0.1, 0.15) is 5.69 Å². The van der Waals surface area contributed by atoms with Gasteiger partial charge in [-0.25, -0.2) is 4.98 Å². The van der Waals surface area contributed by atoms with Crippen LogP contribution in [0.4, 0.5) is 0 Å². The molecule has 0 fully saturated rings. The molecule has 0 radical (unpaired) electrons. The number of hydrogen-bond donors (Lipinski definition) is 1. The first kappa shape index (κ1) is 13.0. The summed E-state index contributed by atoms with van der Waals surface area (Å²) in [5.74, 6) is 1.54. The number of ether oxygens (including phenoxy) is 2. The Bertz CT molecular complexity index is 797. The topological polar surface area (TPSA) is 56.0 Å². The highest BCUT2D eigenvalue weighted by molar-refractivity contribution is 7.99. The lowest BCUT2D eigenvalue weighted by Gasteiger charge is -2.18. The molecule has 108 valence electrons. The fourth-order valence-corrected chi connectivity index (χ4v) is 3.97. The number of thiazole rings is 1. The van der Waals surface area contributed by atoms with Crippen molar-refractivity contribution in [1.29, 1.82) is 0 Å². The molecule has 0 atom stereocenters. The zero-order valence-electron chi connectivity index (χ0n) is 11.0. The molecule has 1 aromatic carbocycles. The predicted octanol–water partition coefficient (Wildman–Crippen LogP) is 2.81. The van der Waals surface area contributed by atoms with E-state index in [1.807, 2.05) is 34.2 Å². The molecule has 1 aliphatic rings. The van der Waals surface area contributed by atoms with Gasteiger partial charge in [0.1, 0.15) is 18.2 Å². The second kappa shape index (κ2) is 5.25. The van der Waals surface area contributed by atoms with Crippen LogP contribution in [-0.2, 0) is 6.61 Å². The lowest BCUT2D eigenvalue weighted by molar-refractivity contribution is 0.171. The molecule has 0 unspecified atom stereocenters. The summed E-state index contributed by atoms with van der Waals surface area (Å²) in [4.78, 5) is 6.46. The molecule has 1 N–H and O–H groups in total. The minimum Gasteiger partial charge on any atom is -0.486 e. The van der Waals surface area contributed by atoms with Gasteiger partial charge in [-0.3, -0.25) is 4.40 Å². The van der Waals surface area contributed by atoms with Crippen molar-refractivity contribution in [2.24, 2.45) is 0 Å². The van der Waals surface area contributed by atoms with Crippen LogP contribution in [0.5, 0.6) is 11.5 Å². The second-order valence-corrected chi connectivity index (χ2v) is 6.42. The highest BCUT2D eigenvalue weighted by Gasteiger charge is 2.16. The molecule has 7 heteroatoms. The number of aliphatic hydroxyl groups is 1. The van der Waals surface area contributed by atoms with Crippen LogP contribution >= 0.6 is 23.1 Å². The summed E-state index contributed by atoms with van der Waals surface area (Å²) in [6, 6.07) is 5.84. The van der Waals surface area contributed by atoms with Crippen LogP contribution in [0.3, 0.4) is 0 Å². The smallest absolute Gasteiger partial charge is 0.195 e. The van der Waals surface area contributed by atoms with Gasteiger partial charge in [0.15, 0.2) is 16.5 Å². The quantitative estimate of drug-likeness (QED) is 0.804. The standard InChI is InChI=1S/C14H12N2O3S2/c17-8-10-13(15-14-16(10)3-6-20-14)21-9-1-2-11-12(7-9)19-5-4-18-11/h1-3,6-7,17H,4-5,8H2. The largest absolute Gasteiger partial charge is 0.486 e. The minimum atomic E-state index is -0.0369. The Kier molecular flexibility index (Phi) is 3.25. The van der Waals surface area contributed by atoms with Crippen molar-refractivity contribution in [3.63, 3.8) is 0 Å². The maximum Gasteiger partial charge on any atom is 0.195 e. The van der Waals surface area contributed by atoms with Gasteiger partial charge in [-0.15, -0.1) is 11.3 Å². The van der Waals surface area contributed by atoms with E-state index in [0.717, 1.165) is 32.1 Å². The SMILES string of the molecule is OCc1c(Sc2ccc3c(c2)OCCO3)nc2sccn12. The molecule has 0 saturated carbocycles. The molecule has 0 saturated heterocycles. The van der Waals surface area contributed by atoms with Crippen LogP contribution in [0.2, 0.25) is 0 Å². The summed E-state index contributed by atoms with van der Waals surface area (Å²) in [6.45, 7) is 1.12. The average Bonchev–Trinajstić information content (AvgIpc) is 3.07. The lowest BCUT2D eigenvalue weighted by atomic mass is 10.3. The van der Waals surface area contributed by atoms with Gasteiger partial charge in [-0.05, 0) is 18.2 Å². The van der Waals surface area contributed by atoms with Crippen LogP contribution in [0, 0.1) is 0 Å². The third kappa shape index (κ3) is 2.27. The van der Waals surface area contributed by atoms with E-state index in [1.165, 1.54) is 11.8 Å². The molecule has 3 heterocycles. The van der Waals surface area contributed by atoms with Gasteiger partial charge in [-0.1, -0.05) is 11.8 Å². The van der Waals surface area contributed by atoms with Crippen LogP contribution in [0.25, 0.3) is 4.96 Å². The number of aliphatic hydroxyl groups excluding tert-OH is 1. The van der Waals surface area contributed by atoms with Gasteiger partial charge in [0, 0.05) is 16.5 Å². The molecule has 1 aliphatic heterocycles. The normalized spacial score (nSPS) is 13.8. The Hall–Kier alpha value is -1.70. The summed E-state index contributed by atoms with van der Waals surface area (Å²) in [6.07, 6.45) is 1.92. The van der Waals surface area contributed by atoms with Crippen molar-refractivity contribution in [3.05, 3.63) is 35.5 Å². The van der Waals surface area contributed by atoms with E-state index in [-0.39, 0.29) is 6.61 Å². The van der Waals surface area contributed by atoms with Crippen molar-refractivity contribution in [2.45, 2.75) is 16.5 Å². The molecule has 4 rings (SSSR count). The molecule has 5 nitrogen and oxygen atoms in total. The van der Waals surface area contributed by atoms with E-state index in [2.05, 4.69) is 4.98 Å². The van der Waals surface area contributed by atoms with Gasteiger partial charge in [0.05, 0.1) is 12.3 Å². The first-order valence-corrected chi connectivity index (χ1v) is 8.17. The van der Waals surface area contributed by atoms with Crippen molar-refractivity contribution >= 4 is 28.1 Å². The van der Waals surface area contributed by atoms with Crippen molar-refractivity contribution in [1.82, 2.24) is 9.38 Å². The van der Waals surface area contributed by atoms with Crippen molar-refractivity contribution in [3.8, 4) is 11.5 Å². The first-order chi connectivity index (χ1) is 10.3. The number of rotatable bonds is 3. The minimum absolute atomic E-state index is 0.0369. The lowest BCUT2D eigenvalue weighted by Crippen LogP contribution is -2.15. The number of imidazole rings is 1. The Balaban J connectivity index is 1.69. The molecule has 3 aromatic rings. The molecule has 0 aliphatic carbocycles. The Labute approximate surface area is 129 Å². The van der Waals surface area contributed by atoms with Gasteiger partial charge in [0.25, 0.3) is 0 Å². The fraction of sp³-hybridized carbons (Fsp3) is 0.214. The van der Waals surface area contributed by atoms with Crippen LogP contribution in [0.15, 0.2) is 39.7 Å². The number of fused-ring (bicyclic) bond motifs is 2. The summed E-state index contributed by atoms with van der Waals surface area (Å²) < 4.78 is 13.0. The van der Waals surface area contributed by atoms with Gasteiger partial charge in [-0.2, -0.15) is 0 Å². The monoisotopic (exact) mass is 320 g/mol. The Morgan fingerprint density at radius 2 is 2.14 bits per heavy atom. The van der Waals surface area contributed by atoms with Crippen LogP contribution < -0.4 is 9.47 Å². The third-order valence-electron chi connectivity index (χ3n) is 3.20. The highest BCUT2D eigenvalue weighted by atomic mass is 32.2. The van der Waals surface area contributed by atoms with E-state index in [4.69, 9.17) is 9.47 Å². The average molecular weight is 320 g/mol. The van der Waals surface area contributed by atoms with Crippen molar-refractivity contribution in [2.75, 3.05) is 13.2 Å². The van der Waals surface area contributed by atoms with E-state index in [9.17, 15) is 5.11 Å².